The fourth-order valence-electron chi connectivity index (χ4n) is 1.26. The van der Waals surface area contributed by atoms with Crippen molar-refractivity contribution in [2.24, 2.45) is 16.7 Å². The van der Waals surface area contributed by atoms with Crippen LogP contribution in [0.25, 0.3) is 0 Å². The highest BCUT2D eigenvalue weighted by atomic mass is 16.4. The summed E-state index contributed by atoms with van der Waals surface area (Å²) in [5.41, 5.74) is -1.92. The Kier molecular flexibility index (Phi) is 5.64. The molecule has 0 spiro atoms. The lowest BCUT2D eigenvalue weighted by Gasteiger charge is -2.39. The van der Waals surface area contributed by atoms with Gasteiger partial charge in [-0.25, -0.2) is 4.79 Å². The van der Waals surface area contributed by atoms with Crippen molar-refractivity contribution in [3.63, 3.8) is 0 Å². The number of nitrogens with one attached hydrogen (secondary N) is 2. The number of urea groups is 1. The van der Waals surface area contributed by atoms with Crippen LogP contribution in [-0.4, -0.2) is 29.2 Å². The van der Waals surface area contributed by atoms with Gasteiger partial charge in [0, 0.05) is 6.54 Å². The van der Waals surface area contributed by atoms with E-state index >= 15 is 0 Å². The Morgan fingerprint density at radius 1 is 1.05 bits per heavy atom. The number of rotatable bonds is 6. The van der Waals surface area contributed by atoms with Crippen molar-refractivity contribution >= 4 is 12.0 Å². The Hall–Kier alpha value is -1.26. The highest BCUT2D eigenvalue weighted by molar-refractivity contribution is 5.79. The number of hydrogen-bond donors (Lipinski definition) is 3. The Bertz CT molecular complexity index is 371. The summed E-state index contributed by atoms with van der Waals surface area (Å²) in [7, 11) is 0. The topological polar surface area (TPSA) is 78.4 Å². The molecule has 0 saturated carbocycles. The SMILES string of the molecule is CC(C)C(C)(C)CNC(=O)NC(C)(C)C(C)(C)C(=O)O. The van der Waals surface area contributed by atoms with Gasteiger partial charge in [0.05, 0.1) is 11.0 Å². The van der Waals surface area contributed by atoms with Crippen molar-refractivity contribution in [3.8, 4) is 0 Å². The van der Waals surface area contributed by atoms with Crippen LogP contribution in [0.2, 0.25) is 0 Å². The van der Waals surface area contributed by atoms with E-state index in [1.165, 1.54) is 0 Å². The maximum absolute atomic E-state index is 12.0. The molecule has 0 fully saturated rings. The maximum atomic E-state index is 12.0. The Morgan fingerprint density at radius 3 is 1.85 bits per heavy atom. The summed E-state index contributed by atoms with van der Waals surface area (Å²) >= 11 is 0. The lowest BCUT2D eigenvalue weighted by molar-refractivity contribution is -0.150. The Labute approximate surface area is 122 Å². The molecular formula is C15H30N2O3. The van der Waals surface area contributed by atoms with Gasteiger partial charge < -0.3 is 15.7 Å². The minimum absolute atomic E-state index is 0.0101. The molecule has 0 aromatic heterocycles. The highest BCUT2D eigenvalue weighted by Crippen LogP contribution is 2.30. The second kappa shape index (κ2) is 6.02. The standard InChI is InChI=1S/C15H30N2O3/c1-10(2)13(3,4)9-16-12(20)17-15(7,8)14(5,6)11(18)19/h10H,9H2,1-8H3,(H,18,19)(H2,16,17,20). The van der Waals surface area contributed by atoms with Crippen LogP contribution in [0.1, 0.15) is 55.4 Å². The second-order valence-corrected chi connectivity index (χ2v) is 7.51. The monoisotopic (exact) mass is 286 g/mol. The van der Waals surface area contributed by atoms with Crippen LogP contribution in [0.15, 0.2) is 0 Å². The van der Waals surface area contributed by atoms with E-state index in [2.05, 4.69) is 38.3 Å². The van der Waals surface area contributed by atoms with Crippen LogP contribution in [0.3, 0.4) is 0 Å². The van der Waals surface area contributed by atoms with Gasteiger partial charge in [0.25, 0.3) is 0 Å². The van der Waals surface area contributed by atoms with Crippen LogP contribution in [0.5, 0.6) is 0 Å². The average Bonchev–Trinajstić information content (AvgIpc) is 2.25. The van der Waals surface area contributed by atoms with Crippen molar-refractivity contribution in [2.45, 2.75) is 60.9 Å². The molecule has 0 aliphatic rings. The number of aliphatic carboxylic acids is 1. The van der Waals surface area contributed by atoms with E-state index in [1.54, 1.807) is 27.7 Å². The molecule has 0 atom stereocenters. The molecule has 0 radical (unpaired) electrons. The quantitative estimate of drug-likeness (QED) is 0.702. The predicted octanol–water partition coefficient (Wildman–Crippen LogP) is 2.86. The van der Waals surface area contributed by atoms with E-state index in [0.717, 1.165) is 0 Å². The predicted molar refractivity (Wildman–Crippen MR) is 80.6 cm³/mol. The largest absolute Gasteiger partial charge is 0.481 e. The number of carbonyl (C=O) groups is 2. The lowest BCUT2D eigenvalue weighted by atomic mass is 9.74. The first-order valence-electron chi connectivity index (χ1n) is 7.03. The molecule has 118 valence electrons. The number of hydrogen-bond acceptors (Lipinski definition) is 2. The van der Waals surface area contributed by atoms with Crippen LogP contribution < -0.4 is 10.6 Å². The zero-order valence-electron chi connectivity index (χ0n) is 14.0. The third-order valence-corrected chi connectivity index (χ3v) is 4.79. The summed E-state index contributed by atoms with van der Waals surface area (Å²) < 4.78 is 0. The number of carboxylic acid groups (broad SMARTS) is 1. The van der Waals surface area contributed by atoms with E-state index in [9.17, 15) is 14.7 Å². The fourth-order valence-corrected chi connectivity index (χ4v) is 1.26. The van der Waals surface area contributed by atoms with Crippen LogP contribution in [0.4, 0.5) is 4.79 Å². The van der Waals surface area contributed by atoms with Gasteiger partial charge in [0.1, 0.15) is 0 Å². The number of amides is 2. The first kappa shape index (κ1) is 18.7. The second-order valence-electron chi connectivity index (χ2n) is 7.51. The van der Waals surface area contributed by atoms with Gasteiger partial charge in [-0.3, -0.25) is 4.79 Å². The molecule has 0 aromatic carbocycles. The smallest absolute Gasteiger partial charge is 0.315 e. The van der Waals surface area contributed by atoms with E-state index in [4.69, 9.17) is 0 Å². The van der Waals surface area contributed by atoms with Gasteiger partial charge in [-0.05, 0) is 39.0 Å². The summed E-state index contributed by atoms with van der Waals surface area (Å²) in [6, 6.07) is -0.335. The minimum Gasteiger partial charge on any atom is -0.481 e. The molecule has 5 heteroatoms. The van der Waals surface area contributed by atoms with Crippen molar-refractivity contribution in [1.29, 1.82) is 0 Å². The zero-order valence-corrected chi connectivity index (χ0v) is 14.0. The van der Waals surface area contributed by atoms with E-state index < -0.39 is 16.9 Å². The molecule has 0 heterocycles. The molecule has 20 heavy (non-hydrogen) atoms. The molecule has 3 N–H and O–H groups in total. The molecule has 0 aliphatic heterocycles. The maximum Gasteiger partial charge on any atom is 0.315 e. The molecule has 0 aliphatic carbocycles. The molecule has 0 unspecified atom stereocenters. The summed E-state index contributed by atoms with van der Waals surface area (Å²) in [5, 5.41) is 14.8. The molecule has 0 saturated heterocycles. The van der Waals surface area contributed by atoms with Crippen LogP contribution in [-0.2, 0) is 4.79 Å². The van der Waals surface area contributed by atoms with Gasteiger partial charge in [0.15, 0.2) is 0 Å². The molecule has 0 bridgehead atoms. The van der Waals surface area contributed by atoms with Gasteiger partial charge in [0.2, 0.25) is 0 Å². The van der Waals surface area contributed by atoms with Gasteiger partial charge in [-0.1, -0.05) is 27.7 Å². The van der Waals surface area contributed by atoms with Crippen molar-refractivity contribution in [1.82, 2.24) is 10.6 Å². The van der Waals surface area contributed by atoms with E-state index in [0.29, 0.717) is 12.5 Å². The van der Waals surface area contributed by atoms with Crippen molar-refractivity contribution < 1.29 is 14.7 Å². The number of carboxylic acids is 1. The Morgan fingerprint density at radius 2 is 1.50 bits per heavy atom. The average molecular weight is 286 g/mol. The minimum atomic E-state index is -1.06. The van der Waals surface area contributed by atoms with Gasteiger partial charge in [-0.15, -0.1) is 0 Å². The first-order valence-corrected chi connectivity index (χ1v) is 7.03. The number of carbonyl (C=O) groups excluding carboxylic acids is 1. The summed E-state index contributed by atoms with van der Waals surface area (Å²) in [4.78, 5) is 23.3. The van der Waals surface area contributed by atoms with Crippen LogP contribution >= 0.6 is 0 Å². The van der Waals surface area contributed by atoms with Gasteiger partial charge >= 0.3 is 12.0 Å². The zero-order chi connectivity index (χ0) is 16.4. The molecule has 2 amide bonds. The molecule has 0 aromatic rings. The molecule has 0 rings (SSSR count). The highest BCUT2D eigenvalue weighted by Gasteiger charge is 2.44. The van der Waals surface area contributed by atoms with Crippen molar-refractivity contribution in [2.75, 3.05) is 6.54 Å². The summed E-state index contributed by atoms with van der Waals surface area (Å²) in [6.07, 6.45) is 0. The van der Waals surface area contributed by atoms with Crippen molar-refractivity contribution in [3.05, 3.63) is 0 Å². The molecular weight excluding hydrogens is 256 g/mol. The van der Waals surface area contributed by atoms with Gasteiger partial charge in [-0.2, -0.15) is 0 Å². The summed E-state index contributed by atoms with van der Waals surface area (Å²) in [5.74, 6) is -0.503. The Balaban J connectivity index is 4.67. The first-order chi connectivity index (χ1) is 8.74. The normalized spacial score (nSPS) is 13.2. The third kappa shape index (κ3) is 4.39. The van der Waals surface area contributed by atoms with E-state index in [-0.39, 0.29) is 11.4 Å². The third-order valence-electron chi connectivity index (χ3n) is 4.79. The van der Waals surface area contributed by atoms with E-state index in [1.807, 2.05) is 0 Å². The lowest BCUT2D eigenvalue weighted by Crippen LogP contribution is -2.59. The van der Waals surface area contributed by atoms with Crippen LogP contribution in [0, 0.1) is 16.7 Å². The fraction of sp³-hybridized carbons (Fsp3) is 0.867. The summed E-state index contributed by atoms with van der Waals surface area (Å²) in [6.45, 7) is 15.6. The molecule has 5 nitrogen and oxygen atoms in total.